The lowest BCUT2D eigenvalue weighted by Crippen LogP contribution is -2.50. The van der Waals surface area contributed by atoms with E-state index in [1.54, 1.807) is 30.0 Å². The van der Waals surface area contributed by atoms with Crippen molar-refractivity contribution in [1.29, 1.82) is 0 Å². The maximum atomic E-state index is 13.5. The van der Waals surface area contributed by atoms with E-state index < -0.39 is 22.2 Å². The summed E-state index contributed by atoms with van der Waals surface area (Å²) in [5.74, 6) is -0.228. The number of likely N-dealkylation sites (N-methyl/N-ethyl adjacent to an activating group) is 1. The maximum absolute atomic E-state index is 13.5. The van der Waals surface area contributed by atoms with E-state index in [1.807, 2.05) is 6.92 Å². The Labute approximate surface area is 202 Å². The van der Waals surface area contributed by atoms with Crippen LogP contribution in [0.25, 0.3) is 0 Å². The van der Waals surface area contributed by atoms with Crippen molar-refractivity contribution >= 4 is 27.5 Å². The standard InChI is InChI=1S/C24H37N3O6S/c1-16-13-27(17(2)15-28)24(30)20-12-19(25-23(29)18-8-6-5-7-9-18)10-11-21(20)33-22(16)14-26(3)34(4,31)32/h10-12,16-18,22,28H,5-9,13-15H2,1-4H3,(H,25,29)/t16-,17+,22-/m1/s1. The zero-order chi connectivity index (χ0) is 25.0. The largest absolute Gasteiger partial charge is 0.488 e. The summed E-state index contributed by atoms with van der Waals surface area (Å²) in [5, 5.41) is 12.7. The molecule has 0 bridgehead atoms. The number of carbonyl (C=O) groups excluding carboxylic acids is 2. The van der Waals surface area contributed by atoms with Crippen LogP contribution in [-0.2, 0) is 14.8 Å². The molecule has 3 rings (SSSR count). The van der Waals surface area contributed by atoms with Crippen molar-refractivity contribution in [3.63, 3.8) is 0 Å². The number of amides is 2. The Morgan fingerprint density at radius 2 is 1.97 bits per heavy atom. The van der Waals surface area contributed by atoms with Crippen LogP contribution in [0.2, 0.25) is 0 Å². The Balaban J connectivity index is 1.92. The van der Waals surface area contributed by atoms with Crippen LogP contribution in [0.15, 0.2) is 18.2 Å². The molecule has 0 radical (unpaired) electrons. The van der Waals surface area contributed by atoms with Gasteiger partial charge in [-0.2, -0.15) is 0 Å². The summed E-state index contributed by atoms with van der Waals surface area (Å²) in [6.45, 7) is 3.87. The molecule has 10 heteroatoms. The lowest BCUT2D eigenvalue weighted by atomic mass is 9.88. The number of sulfonamides is 1. The van der Waals surface area contributed by atoms with Gasteiger partial charge in [-0.15, -0.1) is 0 Å². The molecular weight excluding hydrogens is 458 g/mol. The van der Waals surface area contributed by atoms with Gasteiger partial charge in [0.2, 0.25) is 15.9 Å². The van der Waals surface area contributed by atoms with E-state index in [0.717, 1.165) is 38.4 Å². The van der Waals surface area contributed by atoms with Crippen LogP contribution in [0.4, 0.5) is 5.69 Å². The summed E-state index contributed by atoms with van der Waals surface area (Å²) >= 11 is 0. The van der Waals surface area contributed by atoms with Crippen molar-refractivity contribution < 1.29 is 27.9 Å². The Hall–Kier alpha value is -2.17. The monoisotopic (exact) mass is 495 g/mol. The van der Waals surface area contributed by atoms with Crippen molar-refractivity contribution in [2.24, 2.45) is 11.8 Å². The molecular formula is C24H37N3O6S. The number of aliphatic hydroxyl groups excluding tert-OH is 1. The van der Waals surface area contributed by atoms with Gasteiger partial charge in [-0.25, -0.2) is 12.7 Å². The van der Waals surface area contributed by atoms with Gasteiger partial charge in [0.15, 0.2) is 0 Å². The fraction of sp³-hybridized carbons (Fsp3) is 0.667. The second-order valence-electron chi connectivity index (χ2n) is 9.70. The molecule has 1 aromatic rings. The minimum absolute atomic E-state index is 0.0228. The van der Waals surface area contributed by atoms with Gasteiger partial charge in [-0.3, -0.25) is 9.59 Å². The number of anilines is 1. The van der Waals surface area contributed by atoms with Crippen LogP contribution in [0.1, 0.15) is 56.3 Å². The van der Waals surface area contributed by atoms with Gasteiger partial charge in [0.1, 0.15) is 11.9 Å². The van der Waals surface area contributed by atoms with Gasteiger partial charge >= 0.3 is 0 Å². The number of aliphatic hydroxyl groups is 1. The van der Waals surface area contributed by atoms with Crippen molar-refractivity contribution in [2.45, 2.75) is 58.1 Å². The SMILES string of the molecule is C[C@@H]1CN([C@@H](C)CO)C(=O)c2cc(NC(=O)C3CCCCC3)ccc2O[C@@H]1CN(C)S(C)(=O)=O. The topological polar surface area (TPSA) is 116 Å². The normalized spacial score (nSPS) is 23.0. The third-order valence-electron chi connectivity index (χ3n) is 6.91. The number of fused-ring (bicyclic) bond motifs is 1. The first-order chi connectivity index (χ1) is 16.0. The lowest BCUT2D eigenvalue weighted by molar-refractivity contribution is -0.120. The number of rotatable bonds is 7. The Morgan fingerprint density at radius 3 is 2.59 bits per heavy atom. The predicted octanol–water partition coefficient (Wildman–Crippen LogP) is 2.32. The molecule has 1 aliphatic heterocycles. The van der Waals surface area contributed by atoms with Crippen molar-refractivity contribution in [1.82, 2.24) is 9.21 Å². The molecule has 0 aromatic heterocycles. The van der Waals surface area contributed by atoms with E-state index in [4.69, 9.17) is 4.74 Å². The van der Waals surface area contributed by atoms with Gasteiger partial charge < -0.3 is 20.1 Å². The molecule has 2 aliphatic rings. The quantitative estimate of drug-likeness (QED) is 0.600. The summed E-state index contributed by atoms with van der Waals surface area (Å²) in [4.78, 5) is 27.8. The predicted molar refractivity (Wildman–Crippen MR) is 130 cm³/mol. The number of benzene rings is 1. The van der Waals surface area contributed by atoms with E-state index in [2.05, 4.69) is 5.32 Å². The second kappa shape index (κ2) is 11.0. The van der Waals surface area contributed by atoms with Crippen molar-refractivity contribution in [3.8, 4) is 5.75 Å². The average Bonchev–Trinajstić information content (AvgIpc) is 2.81. The first kappa shape index (κ1) is 26.4. The summed E-state index contributed by atoms with van der Waals surface area (Å²) in [6.07, 6.45) is 5.61. The van der Waals surface area contributed by atoms with E-state index in [0.29, 0.717) is 18.0 Å². The molecule has 34 heavy (non-hydrogen) atoms. The third-order valence-corrected chi connectivity index (χ3v) is 8.19. The Kier molecular flexibility index (Phi) is 8.59. The molecule has 1 aromatic carbocycles. The molecule has 1 saturated carbocycles. The molecule has 1 heterocycles. The highest BCUT2D eigenvalue weighted by atomic mass is 32.2. The number of hydrogen-bond donors (Lipinski definition) is 2. The number of nitrogens with one attached hydrogen (secondary N) is 1. The molecule has 0 unspecified atom stereocenters. The summed E-state index contributed by atoms with van der Waals surface area (Å²) in [6, 6.07) is 4.53. The molecule has 0 spiro atoms. The van der Waals surface area contributed by atoms with Gasteiger partial charge in [0.25, 0.3) is 5.91 Å². The second-order valence-corrected chi connectivity index (χ2v) is 11.8. The first-order valence-corrected chi connectivity index (χ1v) is 13.8. The van der Waals surface area contributed by atoms with Crippen molar-refractivity contribution in [2.75, 3.05) is 38.3 Å². The zero-order valence-electron chi connectivity index (χ0n) is 20.5. The first-order valence-electron chi connectivity index (χ1n) is 12.0. The molecule has 1 aliphatic carbocycles. The minimum atomic E-state index is -3.42. The fourth-order valence-electron chi connectivity index (χ4n) is 4.52. The molecule has 190 valence electrons. The maximum Gasteiger partial charge on any atom is 0.258 e. The van der Waals surface area contributed by atoms with Gasteiger partial charge in [-0.05, 0) is 38.0 Å². The van der Waals surface area contributed by atoms with E-state index in [9.17, 15) is 23.1 Å². The minimum Gasteiger partial charge on any atom is -0.488 e. The van der Waals surface area contributed by atoms with Crippen LogP contribution in [-0.4, -0.2) is 79.7 Å². The summed E-state index contributed by atoms with van der Waals surface area (Å²) in [7, 11) is -1.92. The van der Waals surface area contributed by atoms with Crippen LogP contribution >= 0.6 is 0 Å². The van der Waals surface area contributed by atoms with E-state index in [-0.39, 0.29) is 42.4 Å². The fourth-order valence-corrected chi connectivity index (χ4v) is 4.93. The van der Waals surface area contributed by atoms with E-state index >= 15 is 0 Å². The number of ether oxygens (including phenoxy) is 1. The Morgan fingerprint density at radius 1 is 1.29 bits per heavy atom. The zero-order valence-corrected chi connectivity index (χ0v) is 21.3. The van der Waals surface area contributed by atoms with Crippen LogP contribution < -0.4 is 10.1 Å². The van der Waals surface area contributed by atoms with Crippen molar-refractivity contribution in [3.05, 3.63) is 23.8 Å². The average molecular weight is 496 g/mol. The number of hydrogen-bond acceptors (Lipinski definition) is 6. The highest BCUT2D eigenvalue weighted by Gasteiger charge is 2.34. The molecule has 3 atom stereocenters. The summed E-state index contributed by atoms with van der Waals surface area (Å²) in [5.41, 5.74) is 0.793. The van der Waals surface area contributed by atoms with Gasteiger partial charge in [0.05, 0.1) is 31.0 Å². The van der Waals surface area contributed by atoms with E-state index in [1.165, 1.54) is 11.4 Å². The number of nitrogens with zero attached hydrogens (tertiary/aromatic N) is 2. The molecule has 9 nitrogen and oxygen atoms in total. The van der Waals surface area contributed by atoms with Crippen LogP contribution in [0, 0.1) is 11.8 Å². The van der Waals surface area contributed by atoms with Crippen LogP contribution in [0.5, 0.6) is 5.75 Å². The van der Waals surface area contributed by atoms with Gasteiger partial charge in [0, 0.05) is 31.1 Å². The van der Waals surface area contributed by atoms with Gasteiger partial charge in [-0.1, -0.05) is 26.2 Å². The lowest BCUT2D eigenvalue weighted by Gasteiger charge is -2.38. The molecule has 2 amide bonds. The molecule has 2 N–H and O–H groups in total. The third kappa shape index (κ3) is 6.28. The smallest absolute Gasteiger partial charge is 0.258 e. The highest BCUT2D eigenvalue weighted by molar-refractivity contribution is 7.88. The summed E-state index contributed by atoms with van der Waals surface area (Å²) < 4.78 is 31.4. The number of carbonyl (C=O) groups is 2. The Bertz CT molecular complexity index is 992. The molecule has 0 saturated heterocycles. The molecule has 1 fully saturated rings. The highest BCUT2D eigenvalue weighted by Crippen LogP contribution is 2.32. The van der Waals surface area contributed by atoms with Crippen LogP contribution in [0.3, 0.4) is 0 Å².